The topological polar surface area (TPSA) is 91.7 Å². The van der Waals surface area contributed by atoms with Gasteiger partial charge in [0, 0.05) is 13.1 Å². The highest BCUT2D eigenvalue weighted by Crippen LogP contribution is 2.13. The van der Waals surface area contributed by atoms with Crippen LogP contribution in [0.5, 0.6) is 0 Å². The fourth-order valence-electron chi connectivity index (χ4n) is 1.91. The molecule has 0 aromatic carbocycles. The summed E-state index contributed by atoms with van der Waals surface area (Å²) in [6, 6.07) is 1.23. The summed E-state index contributed by atoms with van der Waals surface area (Å²) in [6.07, 6.45) is 0. The van der Waals surface area contributed by atoms with Gasteiger partial charge in [-0.3, -0.25) is 14.5 Å². The zero-order valence-corrected chi connectivity index (χ0v) is 10.8. The maximum absolute atomic E-state index is 11.8. The Balaban J connectivity index is 1.86. The van der Waals surface area contributed by atoms with E-state index in [1.807, 2.05) is 0 Å². The second kappa shape index (κ2) is 5.13. The molecule has 2 rings (SSSR count). The Kier molecular flexibility index (Phi) is 3.55. The van der Waals surface area contributed by atoms with Crippen molar-refractivity contribution in [3.05, 3.63) is 23.2 Å². The SMILES string of the molecule is Cc1cc(C(=O)NCCN2C(=O)CNC2=O)c(C)o1. The largest absolute Gasteiger partial charge is 0.466 e. The molecule has 1 aliphatic heterocycles. The number of urea groups is 1. The van der Waals surface area contributed by atoms with Crippen LogP contribution in [-0.4, -0.2) is 42.4 Å². The lowest BCUT2D eigenvalue weighted by Crippen LogP contribution is -2.38. The lowest BCUT2D eigenvalue weighted by Gasteiger charge is -2.12. The number of hydrogen-bond donors (Lipinski definition) is 2. The van der Waals surface area contributed by atoms with Crippen molar-refractivity contribution in [3.8, 4) is 0 Å². The molecule has 4 amide bonds. The van der Waals surface area contributed by atoms with Crippen LogP contribution in [0.1, 0.15) is 21.9 Å². The van der Waals surface area contributed by atoms with E-state index < -0.39 is 6.03 Å². The molecule has 2 heterocycles. The van der Waals surface area contributed by atoms with Gasteiger partial charge >= 0.3 is 6.03 Å². The Bertz CT molecular complexity index is 519. The molecule has 7 nitrogen and oxygen atoms in total. The van der Waals surface area contributed by atoms with E-state index in [-0.39, 0.29) is 31.4 Å². The minimum absolute atomic E-state index is 0.0206. The number of imide groups is 1. The van der Waals surface area contributed by atoms with Gasteiger partial charge in [-0.2, -0.15) is 0 Å². The molecule has 0 aliphatic carbocycles. The van der Waals surface area contributed by atoms with Crippen molar-refractivity contribution in [1.29, 1.82) is 0 Å². The fraction of sp³-hybridized carbons (Fsp3) is 0.417. The van der Waals surface area contributed by atoms with E-state index in [9.17, 15) is 14.4 Å². The quantitative estimate of drug-likeness (QED) is 0.759. The maximum atomic E-state index is 11.8. The molecule has 7 heteroatoms. The molecule has 0 unspecified atom stereocenters. The van der Waals surface area contributed by atoms with Gasteiger partial charge in [-0.1, -0.05) is 0 Å². The van der Waals surface area contributed by atoms with Gasteiger partial charge in [0.2, 0.25) is 5.91 Å². The molecular formula is C12H15N3O4. The predicted molar refractivity (Wildman–Crippen MR) is 65.6 cm³/mol. The van der Waals surface area contributed by atoms with Gasteiger partial charge in [-0.15, -0.1) is 0 Å². The monoisotopic (exact) mass is 265 g/mol. The van der Waals surface area contributed by atoms with E-state index in [1.165, 1.54) is 0 Å². The van der Waals surface area contributed by atoms with E-state index in [0.29, 0.717) is 17.1 Å². The van der Waals surface area contributed by atoms with Gasteiger partial charge in [-0.05, 0) is 19.9 Å². The zero-order chi connectivity index (χ0) is 14.0. The molecule has 102 valence electrons. The van der Waals surface area contributed by atoms with Crippen molar-refractivity contribution in [2.45, 2.75) is 13.8 Å². The van der Waals surface area contributed by atoms with Crippen molar-refractivity contribution in [2.75, 3.05) is 19.6 Å². The molecule has 19 heavy (non-hydrogen) atoms. The summed E-state index contributed by atoms with van der Waals surface area (Å²) in [6.45, 7) is 3.86. The number of hydrogen-bond acceptors (Lipinski definition) is 4. The third kappa shape index (κ3) is 2.75. The standard InChI is InChI=1S/C12H15N3O4/c1-7-5-9(8(2)19-7)11(17)13-3-4-15-10(16)6-14-12(15)18/h5H,3-4,6H2,1-2H3,(H,13,17)(H,14,18). The van der Waals surface area contributed by atoms with Crippen molar-refractivity contribution >= 4 is 17.8 Å². The van der Waals surface area contributed by atoms with Crippen molar-refractivity contribution in [3.63, 3.8) is 0 Å². The Labute approximate surface area is 109 Å². The molecule has 2 N–H and O–H groups in total. The third-order valence-electron chi connectivity index (χ3n) is 2.84. The van der Waals surface area contributed by atoms with E-state index >= 15 is 0 Å². The number of carbonyl (C=O) groups excluding carboxylic acids is 3. The number of aryl methyl sites for hydroxylation is 2. The fourth-order valence-corrected chi connectivity index (χ4v) is 1.91. The number of amides is 4. The van der Waals surface area contributed by atoms with Crippen LogP contribution in [-0.2, 0) is 4.79 Å². The Morgan fingerprint density at radius 1 is 1.47 bits per heavy atom. The normalized spacial score (nSPS) is 14.7. The minimum Gasteiger partial charge on any atom is -0.466 e. The summed E-state index contributed by atoms with van der Waals surface area (Å²) in [5, 5.41) is 5.06. The lowest BCUT2D eigenvalue weighted by molar-refractivity contribution is -0.124. The van der Waals surface area contributed by atoms with E-state index in [0.717, 1.165) is 4.90 Å². The average molecular weight is 265 g/mol. The number of nitrogens with zero attached hydrogens (tertiary/aromatic N) is 1. The summed E-state index contributed by atoms with van der Waals surface area (Å²) in [7, 11) is 0. The molecule has 1 aromatic heterocycles. The Hall–Kier alpha value is -2.31. The minimum atomic E-state index is -0.422. The second-order valence-corrected chi connectivity index (χ2v) is 4.29. The van der Waals surface area contributed by atoms with Crippen LogP contribution < -0.4 is 10.6 Å². The van der Waals surface area contributed by atoms with Gasteiger partial charge in [-0.25, -0.2) is 4.79 Å². The summed E-state index contributed by atoms with van der Waals surface area (Å²) >= 11 is 0. The van der Waals surface area contributed by atoms with Crippen LogP contribution in [0.4, 0.5) is 4.79 Å². The molecule has 1 aliphatic rings. The molecule has 1 aromatic rings. The van der Waals surface area contributed by atoms with Gasteiger partial charge in [0.25, 0.3) is 5.91 Å². The predicted octanol–water partition coefficient (Wildman–Crippen LogP) is 0.178. The van der Waals surface area contributed by atoms with E-state index in [1.54, 1.807) is 19.9 Å². The lowest BCUT2D eigenvalue weighted by atomic mass is 10.2. The average Bonchev–Trinajstić information content (AvgIpc) is 2.84. The third-order valence-corrected chi connectivity index (χ3v) is 2.84. The molecule has 1 fully saturated rings. The van der Waals surface area contributed by atoms with E-state index in [4.69, 9.17) is 4.42 Å². The molecule has 0 saturated carbocycles. The van der Waals surface area contributed by atoms with Crippen molar-refractivity contribution in [2.24, 2.45) is 0 Å². The molecule has 1 saturated heterocycles. The summed E-state index contributed by atoms with van der Waals surface area (Å²) in [5.41, 5.74) is 0.467. The van der Waals surface area contributed by atoms with Crippen LogP contribution in [0.15, 0.2) is 10.5 Å². The number of carbonyl (C=O) groups is 3. The first kappa shape index (κ1) is 13.1. The van der Waals surface area contributed by atoms with Crippen LogP contribution >= 0.6 is 0 Å². The summed E-state index contributed by atoms with van der Waals surface area (Å²) < 4.78 is 5.26. The van der Waals surface area contributed by atoms with Crippen LogP contribution in [0.25, 0.3) is 0 Å². The first-order valence-electron chi connectivity index (χ1n) is 5.92. The number of rotatable bonds is 4. The Morgan fingerprint density at radius 3 is 2.74 bits per heavy atom. The maximum Gasteiger partial charge on any atom is 0.324 e. The second-order valence-electron chi connectivity index (χ2n) is 4.29. The zero-order valence-electron chi connectivity index (χ0n) is 10.8. The van der Waals surface area contributed by atoms with E-state index in [2.05, 4.69) is 10.6 Å². The molecule has 0 radical (unpaired) electrons. The Morgan fingerprint density at radius 2 is 2.21 bits per heavy atom. The van der Waals surface area contributed by atoms with Gasteiger partial charge < -0.3 is 15.1 Å². The van der Waals surface area contributed by atoms with Crippen LogP contribution in [0.3, 0.4) is 0 Å². The molecule has 0 bridgehead atoms. The highest BCUT2D eigenvalue weighted by molar-refractivity contribution is 6.02. The molecule has 0 atom stereocenters. The molecule has 0 spiro atoms. The van der Waals surface area contributed by atoms with Gasteiger partial charge in [0.1, 0.15) is 11.5 Å². The first-order valence-corrected chi connectivity index (χ1v) is 5.92. The van der Waals surface area contributed by atoms with Crippen molar-refractivity contribution < 1.29 is 18.8 Å². The molecular weight excluding hydrogens is 250 g/mol. The van der Waals surface area contributed by atoms with Gasteiger partial charge in [0.05, 0.1) is 12.1 Å². The smallest absolute Gasteiger partial charge is 0.324 e. The summed E-state index contributed by atoms with van der Waals surface area (Å²) in [5.74, 6) is 0.651. The van der Waals surface area contributed by atoms with Gasteiger partial charge in [0.15, 0.2) is 0 Å². The summed E-state index contributed by atoms with van der Waals surface area (Å²) in [4.78, 5) is 35.5. The van der Waals surface area contributed by atoms with Crippen LogP contribution in [0.2, 0.25) is 0 Å². The number of furan rings is 1. The first-order chi connectivity index (χ1) is 8.99. The van der Waals surface area contributed by atoms with Crippen LogP contribution in [0, 0.1) is 13.8 Å². The van der Waals surface area contributed by atoms with Crippen molar-refractivity contribution in [1.82, 2.24) is 15.5 Å². The highest BCUT2D eigenvalue weighted by atomic mass is 16.3. The highest BCUT2D eigenvalue weighted by Gasteiger charge is 2.27. The number of nitrogens with one attached hydrogen (secondary N) is 2.